The minimum atomic E-state index is -0.508. The Morgan fingerprint density at radius 1 is 1.37 bits per heavy atom. The van der Waals surface area contributed by atoms with Gasteiger partial charge in [-0.2, -0.15) is 0 Å². The number of carbonyl (C=O) groups excluding carboxylic acids is 2. The van der Waals surface area contributed by atoms with Crippen molar-refractivity contribution in [1.29, 1.82) is 0 Å². The van der Waals surface area contributed by atoms with Crippen molar-refractivity contribution in [2.75, 3.05) is 0 Å². The van der Waals surface area contributed by atoms with Crippen LogP contribution in [0.3, 0.4) is 0 Å². The molecule has 19 heavy (non-hydrogen) atoms. The number of nitrogens with zero attached hydrogens (tertiary/aromatic N) is 1. The molecule has 1 saturated heterocycles. The van der Waals surface area contributed by atoms with E-state index in [1.165, 1.54) is 12.1 Å². The summed E-state index contributed by atoms with van der Waals surface area (Å²) in [6.07, 6.45) is 0.650. The Morgan fingerprint density at radius 2 is 2.00 bits per heavy atom. The van der Waals surface area contributed by atoms with E-state index in [4.69, 9.17) is 18.0 Å². The fraction of sp³-hybridized carbons (Fsp3) is 0.308. The number of hydrogen-bond donors (Lipinski definition) is 1. The molecule has 2 N–H and O–H groups in total. The van der Waals surface area contributed by atoms with Crippen molar-refractivity contribution >= 4 is 29.0 Å². The van der Waals surface area contributed by atoms with E-state index < -0.39 is 5.82 Å². The number of thiocarbonyl (C=S) groups is 1. The second-order valence-electron chi connectivity index (χ2n) is 4.88. The standard InChI is InChI=1S/C13H11FN2O2S/c14-10-3-6(11(15)19)1-2-7(10)5-16-12(17)8-4-9(8)13(16)18/h1-3,8-9H,4-5H2,(H2,15,19). The number of likely N-dealkylation sites (tertiary alicyclic amines) is 1. The molecule has 1 aliphatic heterocycles. The van der Waals surface area contributed by atoms with Crippen LogP contribution in [0.4, 0.5) is 4.39 Å². The molecule has 2 fully saturated rings. The summed E-state index contributed by atoms with van der Waals surface area (Å²) in [5, 5.41) is 0. The molecule has 98 valence electrons. The lowest BCUT2D eigenvalue weighted by atomic mass is 10.1. The van der Waals surface area contributed by atoms with Crippen LogP contribution in [0.2, 0.25) is 0 Å². The minimum absolute atomic E-state index is 0.0197. The van der Waals surface area contributed by atoms with E-state index in [0.29, 0.717) is 17.5 Å². The van der Waals surface area contributed by atoms with Crippen LogP contribution in [0, 0.1) is 17.7 Å². The third-order valence-electron chi connectivity index (χ3n) is 3.62. The third-order valence-corrected chi connectivity index (χ3v) is 3.86. The maximum atomic E-state index is 13.9. The molecule has 2 atom stereocenters. The first-order valence-corrected chi connectivity index (χ1v) is 6.33. The van der Waals surface area contributed by atoms with Gasteiger partial charge < -0.3 is 5.73 Å². The Morgan fingerprint density at radius 3 is 2.53 bits per heavy atom. The zero-order chi connectivity index (χ0) is 13.7. The first kappa shape index (κ1) is 12.2. The van der Waals surface area contributed by atoms with E-state index in [1.807, 2.05) is 0 Å². The van der Waals surface area contributed by atoms with E-state index in [2.05, 4.69) is 0 Å². The molecule has 2 aliphatic rings. The predicted octanol–water partition coefficient (Wildman–Crippen LogP) is 0.965. The van der Waals surface area contributed by atoms with Crippen LogP contribution in [0.5, 0.6) is 0 Å². The van der Waals surface area contributed by atoms with Crippen LogP contribution in [0.15, 0.2) is 18.2 Å². The van der Waals surface area contributed by atoms with Gasteiger partial charge in [-0.05, 0) is 12.5 Å². The fourth-order valence-corrected chi connectivity index (χ4v) is 2.53. The molecule has 0 spiro atoms. The average molecular weight is 278 g/mol. The molecule has 1 aliphatic carbocycles. The van der Waals surface area contributed by atoms with Gasteiger partial charge in [0.2, 0.25) is 11.8 Å². The number of nitrogens with two attached hydrogens (primary N) is 1. The van der Waals surface area contributed by atoms with Gasteiger partial charge in [-0.15, -0.1) is 0 Å². The second kappa shape index (κ2) is 4.09. The van der Waals surface area contributed by atoms with Gasteiger partial charge in [0.25, 0.3) is 0 Å². The first-order chi connectivity index (χ1) is 8.99. The Kier molecular flexibility index (Phi) is 2.63. The smallest absolute Gasteiger partial charge is 0.233 e. The minimum Gasteiger partial charge on any atom is -0.389 e. The fourth-order valence-electron chi connectivity index (χ4n) is 2.40. The maximum Gasteiger partial charge on any atom is 0.233 e. The molecule has 1 heterocycles. The van der Waals surface area contributed by atoms with E-state index >= 15 is 0 Å². The van der Waals surface area contributed by atoms with E-state index in [-0.39, 0.29) is 35.2 Å². The van der Waals surface area contributed by atoms with Crippen molar-refractivity contribution in [3.63, 3.8) is 0 Å². The van der Waals surface area contributed by atoms with Crippen LogP contribution in [-0.2, 0) is 16.1 Å². The molecule has 0 aromatic heterocycles. The van der Waals surface area contributed by atoms with Crippen molar-refractivity contribution in [3.8, 4) is 0 Å². The van der Waals surface area contributed by atoms with Gasteiger partial charge in [-0.1, -0.05) is 24.4 Å². The van der Waals surface area contributed by atoms with Crippen LogP contribution in [0.25, 0.3) is 0 Å². The van der Waals surface area contributed by atoms with Crippen molar-refractivity contribution in [2.24, 2.45) is 17.6 Å². The summed E-state index contributed by atoms with van der Waals surface area (Å²) >= 11 is 4.76. The number of imide groups is 1. The molecular formula is C13H11FN2O2S. The van der Waals surface area contributed by atoms with Crippen LogP contribution in [-0.4, -0.2) is 21.7 Å². The number of amides is 2. The molecule has 6 heteroatoms. The highest BCUT2D eigenvalue weighted by Gasteiger charge is 2.58. The lowest BCUT2D eigenvalue weighted by Gasteiger charge is -2.17. The summed E-state index contributed by atoms with van der Waals surface area (Å²) in [5.74, 6) is -1.20. The van der Waals surface area contributed by atoms with Crippen LogP contribution in [0.1, 0.15) is 17.5 Å². The zero-order valence-electron chi connectivity index (χ0n) is 9.93. The van der Waals surface area contributed by atoms with Gasteiger partial charge in [0.15, 0.2) is 0 Å². The molecular weight excluding hydrogens is 267 g/mol. The number of hydrogen-bond acceptors (Lipinski definition) is 3. The summed E-state index contributed by atoms with van der Waals surface area (Å²) in [4.78, 5) is 24.8. The summed E-state index contributed by atoms with van der Waals surface area (Å²) in [7, 11) is 0. The normalized spacial score (nSPS) is 24.6. The van der Waals surface area contributed by atoms with Crippen molar-refractivity contribution in [1.82, 2.24) is 4.90 Å². The molecule has 4 nitrogen and oxygen atoms in total. The highest BCUT2D eigenvalue weighted by Crippen LogP contribution is 2.47. The van der Waals surface area contributed by atoms with E-state index in [1.54, 1.807) is 6.07 Å². The third kappa shape index (κ3) is 1.92. The zero-order valence-corrected chi connectivity index (χ0v) is 10.7. The largest absolute Gasteiger partial charge is 0.389 e. The summed E-state index contributed by atoms with van der Waals surface area (Å²) in [6.45, 7) is -0.0197. The topological polar surface area (TPSA) is 63.4 Å². The van der Waals surface area contributed by atoms with Gasteiger partial charge >= 0.3 is 0 Å². The van der Waals surface area contributed by atoms with E-state index in [9.17, 15) is 14.0 Å². The molecule has 0 radical (unpaired) electrons. The lowest BCUT2D eigenvalue weighted by Crippen LogP contribution is -2.32. The molecule has 0 bridgehead atoms. The lowest BCUT2D eigenvalue weighted by molar-refractivity contribution is -0.142. The van der Waals surface area contributed by atoms with Crippen LogP contribution < -0.4 is 5.73 Å². The number of rotatable bonds is 3. The Balaban J connectivity index is 1.82. The Hall–Kier alpha value is -1.82. The van der Waals surface area contributed by atoms with Gasteiger partial charge in [0, 0.05) is 11.1 Å². The highest BCUT2D eigenvalue weighted by molar-refractivity contribution is 7.80. The predicted molar refractivity (Wildman–Crippen MR) is 69.4 cm³/mol. The van der Waals surface area contributed by atoms with Crippen molar-refractivity contribution in [3.05, 3.63) is 35.1 Å². The Labute approximate surface area is 114 Å². The van der Waals surface area contributed by atoms with Gasteiger partial charge in [-0.25, -0.2) is 4.39 Å². The average Bonchev–Trinajstić information content (AvgIpc) is 3.11. The number of halogens is 1. The summed E-state index contributed by atoms with van der Waals surface area (Å²) < 4.78 is 13.9. The quantitative estimate of drug-likeness (QED) is 0.661. The van der Waals surface area contributed by atoms with Crippen molar-refractivity contribution in [2.45, 2.75) is 13.0 Å². The second-order valence-corrected chi connectivity index (χ2v) is 5.32. The number of piperidine rings is 1. The van der Waals surface area contributed by atoms with E-state index in [0.717, 1.165) is 4.90 Å². The molecule has 1 saturated carbocycles. The van der Waals surface area contributed by atoms with Crippen LogP contribution >= 0.6 is 12.2 Å². The monoisotopic (exact) mass is 278 g/mol. The van der Waals surface area contributed by atoms with Gasteiger partial charge in [0.05, 0.1) is 18.4 Å². The molecule has 1 aromatic rings. The number of fused-ring (bicyclic) bond motifs is 1. The summed E-state index contributed by atoms with van der Waals surface area (Å²) in [5.41, 5.74) is 6.13. The molecule has 2 unspecified atom stereocenters. The first-order valence-electron chi connectivity index (χ1n) is 5.92. The van der Waals surface area contributed by atoms with Gasteiger partial charge in [-0.3, -0.25) is 14.5 Å². The Bertz CT molecular complexity index is 597. The summed E-state index contributed by atoms with van der Waals surface area (Å²) in [6, 6.07) is 4.32. The number of benzene rings is 1. The van der Waals surface area contributed by atoms with Crippen molar-refractivity contribution < 1.29 is 14.0 Å². The van der Waals surface area contributed by atoms with Gasteiger partial charge in [0.1, 0.15) is 10.8 Å². The number of carbonyl (C=O) groups is 2. The molecule has 1 aromatic carbocycles. The molecule has 2 amide bonds. The SMILES string of the molecule is NC(=S)c1ccc(CN2C(=O)C3CC3C2=O)c(F)c1. The highest BCUT2D eigenvalue weighted by atomic mass is 32.1. The maximum absolute atomic E-state index is 13.9. The molecule has 3 rings (SSSR count).